The van der Waals surface area contributed by atoms with Gasteiger partial charge in [0.25, 0.3) is 0 Å². The first-order valence-electron chi connectivity index (χ1n) is 4.56. The van der Waals surface area contributed by atoms with Crippen molar-refractivity contribution in [2.45, 2.75) is 13.0 Å². The summed E-state index contributed by atoms with van der Waals surface area (Å²) < 4.78 is 4.36. The number of carbonyl (C=O) groups is 1. The van der Waals surface area contributed by atoms with Gasteiger partial charge in [0.05, 0.1) is 6.42 Å². The number of likely N-dealkylation sites (tertiary alicyclic amines) is 1. The van der Waals surface area contributed by atoms with Gasteiger partial charge in [-0.25, -0.2) is 0 Å². The zero-order valence-corrected chi connectivity index (χ0v) is 9.46. The molecule has 0 unspecified atom stereocenters. The first-order chi connectivity index (χ1) is 7.15. The van der Waals surface area contributed by atoms with Crippen molar-refractivity contribution in [3.05, 3.63) is 10.0 Å². The summed E-state index contributed by atoms with van der Waals surface area (Å²) in [5.74, 6) is -0.458. The topological polar surface area (TPSA) is 66.3 Å². The van der Waals surface area contributed by atoms with E-state index < -0.39 is 5.97 Å². The summed E-state index contributed by atoms with van der Waals surface area (Å²) in [5, 5.41) is 12.5. The van der Waals surface area contributed by atoms with Crippen molar-refractivity contribution < 1.29 is 9.90 Å². The number of nitrogens with zero attached hydrogens (tertiary/aromatic N) is 3. The maximum atomic E-state index is 10.4. The van der Waals surface area contributed by atoms with Crippen LogP contribution in [0.5, 0.6) is 0 Å². The minimum absolute atomic E-state index is 0.250. The quantitative estimate of drug-likeness (QED) is 0.863. The molecular weight excluding hydrogens is 238 g/mol. The lowest BCUT2D eigenvalue weighted by Crippen LogP contribution is -2.46. The van der Waals surface area contributed by atoms with Gasteiger partial charge in [-0.2, -0.15) is 0 Å². The molecule has 0 radical (unpaired) electrons. The Morgan fingerprint density at radius 1 is 1.67 bits per heavy atom. The second kappa shape index (κ2) is 4.42. The molecule has 0 atom stereocenters. The average Bonchev–Trinajstić information content (AvgIpc) is 2.47. The van der Waals surface area contributed by atoms with Gasteiger partial charge in [0.2, 0.25) is 0 Å². The van der Waals surface area contributed by atoms with E-state index in [1.807, 2.05) is 0 Å². The highest BCUT2D eigenvalue weighted by Gasteiger charge is 2.29. The van der Waals surface area contributed by atoms with Crippen molar-refractivity contribution >= 4 is 29.1 Å². The Morgan fingerprint density at radius 3 is 2.93 bits per heavy atom. The van der Waals surface area contributed by atoms with E-state index in [1.165, 1.54) is 11.5 Å². The third kappa shape index (κ3) is 2.64. The largest absolute Gasteiger partial charge is 0.481 e. The Morgan fingerprint density at radius 2 is 2.40 bits per heavy atom. The molecule has 5 nitrogen and oxygen atoms in total. The number of carboxylic acid groups (broad SMARTS) is 1. The molecule has 0 bridgehead atoms. The van der Waals surface area contributed by atoms with E-state index in [9.17, 15) is 4.79 Å². The smallest absolute Gasteiger partial charge is 0.303 e. The fourth-order valence-electron chi connectivity index (χ4n) is 1.69. The van der Waals surface area contributed by atoms with Crippen LogP contribution in [0.2, 0.25) is 4.34 Å². The average molecular weight is 248 g/mol. The zero-order valence-electron chi connectivity index (χ0n) is 7.89. The lowest BCUT2D eigenvalue weighted by atomic mass is 9.96. The summed E-state index contributed by atoms with van der Waals surface area (Å²) in [6.45, 7) is 2.28. The van der Waals surface area contributed by atoms with Crippen LogP contribution in [0.3, 0.4) is 0 Å². The van der Waals surface area contributed by atoms with Gasteiger partial charge in [-0.3, -0.25) is 9.69 Å². The van der Waals surface area contributed by atoms with Crippen LogP contribution < -0.4 is 0 Å². The molecule has 0 spiro atoms. The highest BCUT2D eigenvalue weighted by Crippen LogP contribution is 2.24. The number of halogens is 1. The molecule has 82 valence electrons. The molecule has 2 rings (SSSR count). The molecule has 1 aromatic rings. The summed E-state index contributed by atoms with van der Waals surface area (Å²) in [6, 6.07) is 0. The highest BCUT2D eigenvalue weighted by molar-refractivity contribution is 7.10. The zero-order chi connectivity index (χ0) is 10.8. The van der Waals surface area contributed by atoms with E-state index in [2.05, 4.69) is 14.5 Å². The van der Waals surface area contributed by atoms with Crippen molar-refractivity contribution in [1.29, 1.82) is 0 Å². The number of hydrogen-bond donors (Lipinski definition) is 1. The third-order valence-electron chi connectivity index (χ3n) is 2.38. The second-order valence-electron chi connectivity index (χ2n) is 3.65. The summed E-state index contributed by atoms with van der Waals surface area (Å²) >= 11 is 7.03. The van der Waals surface area contributed by atoms with Crippen LogP contribution in [0, 0.1) is 5.92 Å². The van der Waals surface area contributed by atoms with Crippen molar-refractivity contribution in [3.8, 4) is 0 Å². The van der Waals surface area contributed by atoms with Crippen molar-refractivity contribution in [2.75, 3.05) is 13.1 Å². The molecule has 15 heavy (non-hydrogen) atoms. The van der Waals surface area contributed by atoms with E-state index in [0.29, 0.717) is 10.9 Å². The maximum absolute atomic E-state index is 10.4. The molecule has 7 heteroatoms. The van der Waals surface area contributed by atoms with Crippen molar-refractivity contribution in [3.63, 3.8) is 0 Å². The van der Waals surface area contributed by atoms with Gasteiger partial charge in [0.15, 0.2) is 0 Å². The molecule has 0 saturated carbocycles. The molecule has 1 aliphatic heterocycles. The Balaban J connectivity index is 1.77. The molecule has 1 aliphatic rings. The van der Waals surface area contributed by atoms with Crippen LogP contribution in [0.1, 0.15) is 12.1 Å². The first kappa shape index (κ1) is 10.8. The summed E-state index contributed by atoms with van der Waals surface area (Å²) in [7, 11) is 0. The van der Waals surface area contributed by atoms with Crippen molar-refractivity contribution in [1.82, 2.24) is 14.5 Å². The third-order valence-corrected chi connectivity index (χ3v) is 3.36. The Bertz CT molecular complexity index is 365. The van der Waals surface area contributed by atoms with Gasteiger partial charge >= 0.3 is 5.97 Å². The van der Waals surface area contributed by atoms with Crippen LogP contribution in [0.4, 0.5) is 0 Å². The van der Waals surface area contributed by atoms with Crippen LogP contribution in [-0.4, -0.2) is 38.7 Å². The van der Waals surface area contributed by atoms with Gasteiger partial charge in [-0.1, -0.05) is 16.1 Å². The minimum atomic E-state index is -0.729. The van der Waals surface area contributed by atoms with Gasteiger partial charge in [-0.15, -0.1) is 5.10 Å². The normalized spacial score (nSPS) is 17.7. The minimum Gasteiger partial charge on any atom is -0.481 e. The summed E-state index contributed by atoms with van der Waals surface area (Å²) in [5.41, 5.74) is 0.787. The highest BCUT2D eigenvalue weighted by atomic mass is 35.5. The van der Waals surface area contributed by atoms with Crippen molar-refractivity contribution in [2.24, 2.45) is 5.92 Å². The predicted molar refractivity (Wildman–Crippen MR) is 55.9 cm³/mol. The lowest BCUT2D eigenvalue weighted by molar-refractivity contribution is -0.139. The van der Waals surface area contributed by atoms with E-state index in [1.54, 1.807) is 0 Å². The Hall–Kier alpha value is -0.720. The number of hydrogen-bond acceptors (Lipinski definition) is 5. The van der Waals surface area contributed by atoms with Gasteiger partial charge in [0.1, 0.15) is 10.0 Å². The van der Waals surface area contributed by atoms with Crippen LogP contribution in [0.15, 0.2) is 0 Å². The van der Waals surface area contributed by atoms with Crippen LogP contribution >= 0.6 is 23.1 Å². The fourth-order valence-corrected chi connectivity index (χ4v) is 2.30. The summed E-state index contributed by atoms with van der Waals surface area (Å²) in [4.78, 5) is 12.5. The molecule has 1 fully saturated rings. The van der Waals surface area contributed by atoms with Gasteiger partial charge in [-0.05, 0) is 5.92 Å². The summed E-state index contributed by atoms with van der Waals surface area (Å²) in [6.07, 6.45) is 0.250. The molecule has 0 aromatic carbocycles. The molecule has 2 heterocycles. The maximum Gasteiger partial charge on any atom is 0.303 e. The van der Waals surface area contributed by atoms with Crippen LogP contribution in [0.25, 0.3) is 0 Å². The number of aliphatic carboxylic acids is 1. The molecule has 1 saturated heterocycles. The monoisotopic (exact) mass is 247 g/mol. The molecular formula is C8H10ClN3O2S. The van der Waals surface area contributed by atoms with Gasteiger partial charge in [0, 0.05) is 31.2 Å². The Kier molecular flexibility index (Phi) is 3.18. The number of aromatic nitrogens is 2. The molecule has 1 N–H and O–H groups in total. The standard InChI is InChI=1S/C8H10ClN3O2S/c9-8-6(10-11-15-8)4-12-2-5(3-12)1-7(13)14/h5H,1-4H2,(H,13,14). The Labute approximate surface area is 95.8 Å². The lowest BCUT2D eigenvalue weighted by Gasteiger charge is -2.37. The molecule has 0 amide bonds. The first-order valence-corrected chi connectivity index (χ1v) is 5.71. The second-order valence-corrected chi connectivity index (χ2v) is 5.01. The van der Waals surface area contributed by atoms with E-state index in [-0.39, 0.29) is 12.3 Å². The fraction of sp³-hybridized carbons (Fsp3) is 0.625. The number of rotatable bonds is 4. The van der Waals surface area contributed by atoms with Crippen LogP contribution in [-0.2, 0) is 11.3 Å². The number of carboxylic acids is 1. The van der Waals surface area contributed by atoms with Gasteiger partial charge < -0.3 is 5.11 Å². The predicted octanol–water partition coefficient (Wildman–Crippen LogP) is 1.10. The molecule has 0 aliphatic carbocycles. The van der Waals surface area contributed by atoms with E-state index in [4.69, 9.17) is 16.7 Å². The molecule has 1 aromatic heterocycles. The SMILES string of the molecule is O=C(O)CC1CN(Cc2nnsc2Cl)C1. The van der Waals surface area contributed by atoms with E-state index >= 15 is 0 Å². The van der Waals surface area contributed by atoms with E-state index in [0.717, 1.165) is 18.8 Å².